The van der Waals surface area contributed by atoms with E-state index in [-0.39, 0.29) is 5.57 Å². The van der Waals surface area contributed by atoms with Gasteiger partial charge in [0, 0.05) is 15.1 Å². The molecule has 1 N–H and O–H groups in total. The highest BCUT2D eigenvalue weighted by atomic mass is 79.9. The van der Waals surface area contributed by atoms with Crippen LogP contribution in [-0.4, -0.2) is 17.8 Å². The van der Waals surface area contributed by atoms with Crippen molar-refractivity contribution < 1.29 is 19.1 Å². The number of carbonyl (C=O) groups is 3. The zero-order valence-electron chi connectivity index (χ0n) is 16.5. The number of rotatable bonds is 5. The summed E-state index contributed by atoms with van der Waals surface area (Å²) in [5.74, 6) is -0.824. The van der Waals surface area contributed by atoms with Crippen LogP contribution in [0.2, 0.25) is 5.02 Å². The van der Waals surface area contributed by atoms with Gasteiger partial charge in [-0.25, -0.2) is 9.69 Å². The van der Waals surface area contributed by atoms with Gasteiger partial charge in [-0.2, -0.15) is 0 Å². The van der Waals surface area contributed by atoms with Crippen molar-refractivity contribution in [2.75, 3.05) is 4.90 Å². The summed E-state index contributed by atoms with van der Waals surface area (Å²) in [6, 6.07) is 20.1. The maximum absolute atomic E-state index is 12.9. The molecule has 3 aromatic rings. The molecule has 0 bridgehead atoms. The molecule has 4 amide bonds. The molecule has 0 saturated carbocycles. The molecule has 8 heteroatoms. The number of ether oxygens (including phenoxy) is 1. The number of carbonyl (C=O) groups excluding carboxylic acids is 3. The van der Waals surface area contributed by atoms with E-state index in [9.17, 15) is 14.4 Å². The normalized spacial score (nSPS) is 15.1. The molecular formula is C24H16BrClN2O4. The number of nitrogens with zero attached hydrogens (tertiary/aromatic N) is 1. The lowest BCUT2D eigenvalue weighted by Gasteiger charge is -2.26. The van der Waals surface area contributed by atoms with E-state index in [1.807, 2.05) is 24.3 Å². The fraction of sp³-hybridized carbons (Fsp3) is 0.0417. The molecule has 1 aliphatic rings. The lowest BCUT2D eigenvalue weighted by Crippen LogP contribution is -2.54. The van der Waals surface area contributed by atoms with Crippen LogP contribution in [0.4, 0.5) is 10.5 Å². The predicted octanol–water partition coefficient (Wildman–Crippen LogP) is 5.35. The van der Waals surface area contributed by atoms with E-state index in [4.69, 9.17) is 16.3 Å². The maximum atomic E-state index is 12.9. The monoisotopic (exact) mass is 510 g/mol. The summed E-state index contributed by atoms with van der Waals surface area (Å²) in [5.41, 5.74) is 1.78. The highest BCUT2D eigenvalue weighted by molar-refractivity contribution is 9.10. The minimum Gasteiger partial charge on any atom is -0.489 e. The lowest BCUT2D eigenvalue weighted by atomic mass is 10.1. The van der Waals surface area contributed by atoms with Gasteiger partial charge >= 0.3 is 6.03 Å². The van der Waals surface area contributed by atoms with E-state index < -0.39 is 17.8 Å². The van der Waals surface area contributed by atoms with E-state index in [1.54, 1.807) is 36.4 Å². The van der Waals surface area contributed by atoms with Gasteiger partial charge in [0.15, 0.2) is 0 Å². The van der Waals surface area contributed by atoms with Gasteiger partial charge in [-0.1, -0.05) is 57.9 Å². The topological polar surface area (TPSA) is 75.7 Å². The molecule has 0 aromatic heterocycles. The first-order valence-corrected chi connectivity index (χ1v) is 10.7. The molecule has 0 aliphatic carbocycles. The molecule has 3 aromatic carbocycles. The number of imide groups is 2. The van der Waals surface area contributed by atoms with Crippen molar-refractivity contribution in [3.05, 3.63) is 99.0 Å². The number of urea groups is 1. The third-order valence-corrected chi connectivity index (χ3v) is 5.76. The minimum atomic E-state index is -0.810. The molecule has 1 aliphatic heterocycles. The Morgan fingerprint density at radius 1 is 0.938 bits per heavy atom. The maximum Gasteiger partial charge on any atom is 0.335 e. The Labute approximate surface area is 197 Å². The number of amides is 4. The second-order valence-electron chi connectivity index (χ2n) is 6.88. The van der Waals surface area contributed by atoms with Crippen LogP contribution in [0.5, 0.6) is 5.75 Å². The van der Waals surface area contributed by atoms with Crippen LogP contribution in [0.25, 0.3) is 6.08 Å². The van der Waals surface area contributed by atoms with Gasteiger partial charge in [-0.15, -0.1) is 0 Å². The van der Waals surface area contributed by atoms with Gasteiger partial charge in [0.25, 0.3) is 11.8 Å². The smallest absolute Gasteiger partial charge is 0.335 e. The molecule has 160 valence electrons. The van der Waals surface area contributed by atoms with Gasteiger partial charge in [0.1, 0.15) is 17.9 Å². The average Bonchev–Trinajstić information content (AvgIpc) is 2.78. The number of hydrogen-bond donors (Lipinski definition) is 1. The predicted molar refractivity (Wildman–Crippen MR) is 125 cm³/mol. The van der Waals surface area contributed by atoms with Gasteiger partial charge in [-0.3, -0.25) is 14.9 Å². The third kappa shape index (κ3) is 4.74. The highest BCUT2D eigenvalue weighted by Crippen LogP contribution is 2.24. The molecule has 1 fully saturated rings. The Morgan fingerprint density at radius 2 is 1.62 bits per heavy atom. The van der Waals surface area contributed by atoms with Crippen LogP contribution in [0.15, 0.2) is 82.8 Å². The number of barbiturate groups is 1. The number of hydrogen-bond acceptors (Lipinski definition) is 4. The number of nitrogens with one attached hydrogen (secondary N) is 1. The Bertz CT molecular complexity index is 1220. The Balaban J connectivity index is 1.52. The van der Waals surface area contributed by atoms with Gasteiger partial charge in [0.05, 0.1) is 5.69 Å². The summed E-state index contributed by atoms with van der Waals surface area (Å²) in [4.78, 5) is 38.4. The zero-order valence-corrected chi connectivity index (χ0v) is 18.9. The fourth-order valence-corrected chi connectivity index (χ4v) is 3.61. The molecule has 1 heterocycles. The van der Waals surface area contributed by atoms with Crippen molar-refractivity contribution in [2.45, 2.75) is 6.61 Å². The molecule has 6 nitrogen and oxygen atoms in total. The second-order valence-corrected chi connectivity index (χ2v) is 8.17. The van der Waals surface area contributed by atoms with Crippen molar-refractivity contribution in [2.24, 2.45) is 0 Å². The number of halogens is 2. The average molecular weight is 512 g/mol. The molecule has 0 radical (unpaired) electrons. The molecule has 4 rings (SSSR count). The standard InChI is InChI=1S/C24H16BrClN2O4/c25-21-4-2-1-3-16(21)14-32-19-11-5-15(6-12-19)13-20-22(29)27-24(31)28(23(20)30)18-9-7-17(26)8-10-18/h1-13H,14H2,(H,27,29,31)/b20-13+. The minimum absolute atomic E-state index is 0.151. The van der Waals surface area contributed by atoms with Crippen molar-refractivity contribution in [1.29, 1.82) is 0 Å². The SMILES string of the molecule is O=C1NC(=O)N(c2ccc(Cl)cc2)C(=O)/C1=C/c1ccc(OCc2ccccc2Br)cc1. The Hall–Kier alpha value is -3.42. The van der Waals surface area contributed by atoms with Crippen molar-refractivity contribution in [3.8, 4) is 5.75 Å². The van der Waals surface area contributed by atoms with Gasteiger partial charge < -0.3 is 4.74 Å². The van der Waals surface area contributed by atoms with Crippen LogP contribution in [0.3, 0.4) is 0 Å². The van der Waals surface area contributed by atoms with Crippen molar-refractivity contribution in [1.82, 2.24) is 5.32 Å². The molecular weight excluding hydrogens is 496 g/mol. The number of anilines is 1. The van der Waals surface area contributed by atoms with E-state index in [0.717, 1.165) is 14.9 Å². The summed E-state index contributed by atoms with van der Waals surface area (Å²) < 4.78 is 6.76. The zero-order chi connectivity index (χ0) is 22.7. The fourth-order valence-electron chi connectivity index (χ4n) is 3.09. The van der Waals surface area contributed by atoms with Crippen molar-refractivity contribution >= 4 is 57.1 Å². The highest BCUT2D eigenvalue weighted by Gasteiger charge is 2.36. The summed E-state index contributed by atoms with van der Waals surface area (Å²) in [6.07, 6.45) is 1.44. The van der Waals surface area contributed by atoms with Crippen molar-refractivity contribution in [3.63, 3.8) is 0 Å². The van der Waals surface area contributed by atoms with E-state index in [2.05, 4.69) is 21.2 Å². The first-order chi connectivity index (χ1) is 15.4. The van der Waals surface area contributed by atoms with Crippen LogP contribution in [-0.2, 0) is 16.2 Å². The summed E-state index contributed by atoms with van der Waals surface area (Å²) in [6.45, 7) is 0.390. The Kier molecular flexibility index (Phi) is 6.39. The molecule has 1 saturated heterocycles. The molecule has 0 atom stereocenters. The second kappa shape index (κ2) is 9.38. The Morgan fingerprint density at radius 3 is 2.31 bits per heavy atom. The first kappa shape index (κ1) is 21.8. The summed E-state index contributed by atoms with van der Waals surface area (Å²) in [5, 5.41) is 2.66. The van der Waals surface area contributed by atoms with Gasteiger partial charge in [0.2, 0.25) is 0 Å². The van der Waals surface area contributed by atoms with Gasteiger partial charge in [-0.05, 0) is 54.1 Å². The van der Waals surface area contributed by atoms with E-state index >= 15 is 0 Å². The molecule has 0 unspecified atom stereocenters. The number of benzene rings is 3. The molecule has 0 spiro atoms. The third-order valence-electron chi connectivity index (χ3n) is 4.73. The first-order valence-electron chi connectivity index (χ1n) is 9.55. The van der Waals surface area contributed by atoms with E-state index in [1.165, 1.54) is 18.2 Å². The van der Waals surface area contributed by atoms with Crippen LogP contribution in [0.1, 0.15) is 11.1 Å². The summed E-state index contributed by atoms with van der Waals surface area (Å²) >= 11 is 9.36. The summed E-state index contributed by atoms with van der Waals surface area (Å²) in [7, 11) is 0. The van der Waals surface area contributed by atoms with Crippen LogP contribution >= 0.6 is 27.5 Å². The lowest BCUT2D eigenvalue weighted by molar-refractivity contribution is -0.122. The largest absolute Gasteiger partial charge is 0.489 e. The molecule has 32 heavy (non-hydrogen) atoms. The van der Waals surface area contributed by atoms with E-state index in [0.29, 0.717) is 28.6 Å². The quantitative estimate of drug-likeness (QED) is 0.370. The van der Waals surface area contributed by atoms with Crippen LogP contribution in [0, 0.1) is 0 Å². The van der Waals surface area contributed by atoms with Crippen LogP contribution < -0.4 is 15.0 Å².